The summed E-state index contributed by atoms with van der Waals surface area (Å²) in [6.07, 6.45) is 5.01. The highest BCUT2D eigenvalue weighted by Gasteiger charge is 2.42. The van der Waals surface area contributed by atoms with E-state index < -0.39 is 15.9 Å². The summed E-state index contributed by atoms with van der Waals surface area (Å²) in [4.78, 5) is 37.0. The molecule has 0 aromatic carbocycles. The van der Waals surface area contributed by atoms with Crippen molar-refractivity contribution < 1.29 is 18.0 Å². The van der Waals surface area contributed by atoms with Crippen molar-refractivity contribution in [3.8, 4) is 0 Å². The van der Waals surface area contributed by atoms with E-state index >= 15 is 0 Å². The number of amides is 1. The van der Waals surface area contributed by atoms with Crippen molar-refractivity contribution in [2.45, 2.75) is 90.1 Å². The van der Waals surface area contributed by atoms with Crippen LogP contribution in [0.5, 0.6) is 0 Å². The second-order valence-electron chi connectivity index (χ2n) is 12.6. The van der Waals surface area contributed by atoms with Crippen LogP contribution in [0.4, 0.5) is 11.6 Å². The molecule has 10 heteroatoms. The monoisotopic (exact) mass is 567 g/mol. The molecule has 2 aliphatic rings. The fraction of sp³-hybridized carbons (Fsp3) is 0.533. The van der Waals surface area contributed by atoms with Crippen LogP contribution in [0.15, 0.2) is 35.4 Å². The van der Waals surface area contributed by atoms with Crippen LogP contribution in [0.3, 0.4) is 0 Å². The average Bonchev–Trinajstić information content (AvgIpc) is 3.14. The van der Waals surface area contributed by atoms with E-state index in [-0.39, 0.29) is 39.1 Å². The fourth-order valence-corrected chi connectivity index (χ4v) is 6.50. The fourth-order valence-electron chi connectivity index (χ4n) is 5.56. The second kappa shape index (κ2) is 10.6. The van der Waals surface area contributed by atoms with Crippen LogP contribution in [0.2, 0.25) is 0 Å². The summed E-state index contributed by atoms with van der Waals surface area (Å²) >= 11 is 0. The lowest BCUT2D eigenvalue weighted by Gasteiger charge is -2.38. The molecular formula is C30H41N5O4S. The molecule has 1 saturated heterocycles. The van der Waals surface area contributed by atoms with Gasteiger partial charge in [-0.3, -0.25) is 9.59 Å². The number of nitrogens with one attached hydrogen (secondary N) is 1. The standard InChI is InChI=1S/C30H41N5O4S/c1-18-15-16-35(30(18,6)7)27-23(28(37)34-40(38,39)25-10-8-9-24(31)32-25)17-22(26(33-27)29(3,4)5)21-13-11-20(12-14-21)19(2)36/h8-10,13,17-18,20H,11-12,14-16H2,1-7H3,(H2,31,32)(H,34,37). The highest BCUT2D eigenvalue weighted by molar-refractivity contribution is 7.90. The Balaban J connectivity index is 1.88. The summed E-state index contributed by atoms with van der Waals surface area (Å²) in [6, 6.07) is 6.04. The number of allylic oxidation sites excluding steroid dienone is 2. The number of carbonyl (C=O) groups is 2. The van der Waals surface area contributed by atoms with Crippen molar-refractivity contribution in [2.75, 3.05) is 17.2 Å². The molecule has 40 heavy (non-hydrogen) atoms. The summed E-state index contributed by atoms with van der Waals surface area (Å²) in [7, 11) is -4.29. The third kappa shape index (κ3) is 5.77. The molecule has 3 heterocycles. The van der Waals surface area contributed by atoms with Crippen LogP contribution in [0.1, 0.15) is 95.8 Å². The van der Waals surface area contributed by atoms with Gasteiger partial charge in [0.2, 0.25) is 0 Å². The molecule has 2 atom stereocenters. The van der Waals surface area contributed by atoms with E-state index in [2.05, 4.69) is 62.2 Å². The average molecular weight is 568 g/mol. The van der Waals surface area contributed by atoms with E-state index in [0.717, 1.165) is 29.7 Å². The highest BCUT2D eigenvalue weighted by Crippen LogP contribution is 2.42. The Labute approximate surface area is 237 Å². The van der Waals surface area contributed by atoms with Crippen molar-refractivity contribution in [3.05, 3.63) is 47.2 Å². The maximum Gasteiger partial charge on any atom is 0.281 e. The number of nitrogens with zero attached hydrogens (tertiary/aromatic N) is 3. The lowest BCUT2D eigenvalue weighted by atomic mass is 9.80. The van der Waals surface area contributed by atoms with Crippen molar-refractivity contribution in [1.82, 2.24) is 14.7 Å². The van der Waals surface area contributed by atoms with Crippen molar-refractivity contribution in [2.24, 2.45) is 11.8 Å². The number of hydrogen-bond acceptors (Lipinski definition) is 8. The summed E-state index contributed by atoms with van der Waals surface area (Å²) in [5, 5.41) is -0.331. The van der Waals surface area contributed by atoms with Gasteiger partial charge in [-0.1, -0.05) is 39.8 Å². The number of ketones is 1. The van der Waals surface area contributed by atoms with Gasteiger partial charge in [-0.15, -0.1) is 0 Å². The molecule has 2 aromatic rings. The van der Waals surface area contributed by atoms with Crippen molar-refractivity contribution >= 4 is 38.9 Å². The summed E-state index contributed by atoms with van der Waals surface area (Å²) in [5.41, 5.74) is 7.90. The van der Waals surface area contributed by atoms with Gasteiger partial charge in [0.25, 0.3) is 15.9 Å². The zero-order valence-electron chi connectivity index (χ0n) is 24.5. The van der Waals surface area contributed by atoms with Gasteiger partial charge in [0.15, 0.2) is 5.03 Å². The molecule has 0 radical (unpaired) electrons. The Bertz CT molecular complexity index is 1470. The Morgan fingerprint density at radius 2 is 1.85 bits per heavy atom. The first-order chi connectivity index (χ1) is 18.5. The zero-order valence-corrected chi connectivity index (χ0v) is 25.4. The van der Waals surface area contributed by atoms with E-state index in [1.165, 1.54) is 18.2 Å². The lowest BCUT2D eigenvalue weighted by Crippen LogP contribution is -2.44. The summed E-state index contributed by atoms with van der Waals surface area (Å²) < 4.78 is 28.5. The van der Waals surface area contributed by atoms with E-state index in [4.69, 9.17) is 10.7 Å². The number of pyridine rings is 2. The number of nitrogen functional groups attached to an aromatic ring is 1. The first-order valence-corrected chi connectivity index (χ1v) is 15.3. The topological polar surface area (TPSA) is 135 Å². The smallest absolute Gasteiger partial charge is 0.281 e. The highest BCUT2D eigenvalue weighted by atomic mass is 32.2. The van der Waals surface area contributed by atoms with Crippen LogP contribution in [0.25, 0.3) is 5.57 Å². The third-order valence-corrected chi connectivity index (χ3v) is 9.71. The van der Waals surface area contributed by atoms with Gasteiger partial charge in [0.05, 0.1) is 11.3 Å². The van der Waals surface area contributed by atoms with Gasteiger partial charge in [-0.25, -0.2) is 14.7 Å². The zero-order chi connectivity index (χ0) is 29.6. The molecule has 3 N–H and O–H groups in total. The number of Topliss-reactive ketones (excluding diaryl/α,β-unsaturated/α-hetero) is 1. The van der Waals surface area contributed by atoms with Gasteiger partial charge in [0.1, 0.15) is 17.4 Å². The second-order valence-corrected chi connectivity index (χ2v) is 14.3. The van der Waals surface area contributed by atoms with Gasteiger partial charge >= 0.3 is 0 Å². The number of rotatable bonds is 6. The minimum absolute atomic E-state index is 0.0142. The molecule has 0 saturated carbocycles. The van der Waals surface area contributed by atoms with Crippen molar-refractivity contribution in [3.63, 3.8) is 0 Å². The lowest BCUT2D eigenvalue weighted by molar-refractivity contribution is -0.120. The molecule has 0 spiro atoms. The van der Waals surface area contributed by atoms with Gasteiger partial charge in [-0.05, 0) is 76.1 Å². The van der Waals surface area contributed by atoms with E-state index in [1.807, 2.05) is 0 Å². The van der Waals surface area contributed by atoms with Gasteiger partial charge in [-0.2, -0.15) is 8.42 Å². The molecule has 4 rings (SSSR count). The summed E-state index contributed by atoms with van der Waals surface area (Å²) in [6.45, 7) is 15.0. The number of hydrogen-bond donors (Lipinski definition) is 2. The van der Waals surface area contributed by atoms with Crippen LogP contribution in [-0.4, -0.2) is 42.2 Å². The molecule has 0 bridgehead atoms. The third-order valence-electron chi connectivity index (χ3n) is 8.48. The minimum Gasteiger partial charge on any atom is -0.384 e. The van der Waals surface area contributed by atoms with E-state index in [1.54, 1.807) is 13.0 Å². The normalized spacial score (nSPS) is 21.2. The largest absolute Gasteiger partial charge is 0.384 e. The Hall–Kier alpha value is -3.27. The predicted octanol–water partition coefficient (Wildman–Crippen LogP) is 4.87. The molecule has 9 nitrogen and oxygen atoms in total. The maximum absolute atomic E-state index is 13.8. The van der Waals surface area contributed by atoms with E-state index in [9.17, 15) is 18.0 Å². The Morgan fingerprint density at radius 3 is 2.38 bits per heavy atom. The van der Waals surface area contributed by atoms with E-state index in [0.29, 0.717) is 31.1 Å². The van der Waals surface area contributed by atoms with Crippen LogP contribution in [-0.2, 0) is 20.2 Å². The Kier molecular flexibility index (Phi) is 7.88. The van der Waals surface area contributed by atoms with Crippen LogP contribution in [0, 0.1) is 11.8 Å². The van der Waals surface area contributed by atoms with Gasteiger partial charge in [0, 0.05) is 29.0 Å². The van der Waals surface area contributed by atoms with Crippen LogP contribution >= 0.6 is 0 Å². The number of nitrogens with two attached hydrogens (primary N) is 1. The molecule has 2 aromatic heterocycles. The SMILES string of the molecule is CC(=O)C1CC=C(c2cc(C(=O)NS(=O)(=O)c3cccc(N)n3)c(N3CCC(C)C3(C)C)nc2C(C)(C)C)CC1. The molecular weight excluding hydrogens is 526 g/mol. The maximum atomic E-state index is 13.8. The quantitative estimate of drug-likeness (QED) is 0.505. The van der Waals surface area contributed by atoms with Crippen LogP contribution < -0.4 is 15.4 Å². The molecule has 1 amide bonds. The number of anilines is 2. The molecule has 2 unspecified atom stereocenters. The first-order valence-electron chi connectivity index (χ1n) is 13.8. The summed E-state index contributed by atoms with van der Waals surface area (Å²) in [5.74, 6) is 0.226. The predicted molar refractivity (Wildman–Crippen MR) is 157 cm³/mol. The molecule has 1 aliphatic heterocycles. The van der Waals surface area contributed by atoms with Gasteiger partial charge < -0.3 is 10.6 Å². The molecule has 1 fully saturated rings. The first kappa shape index (κ1) is 29.7. The number of aromatic nitrogens is 2. The Morgan fingerprint density at radius 1 is 1.15 bits per heavy atom. The minimum atomic E-state index is -4.29. The number of carbonyl (C=O) groups excluding carboxylic acids is 2. The van der Waals surface area contributed by atoms with Crippen molar-refractivity contribution in [1.29, 1.82) is 0 Å². The molecule has 216 valence electrons. The number of sulfonamides is 1. The molecule has 1 aliphatic carbocycles.